The van der Waals surface area contributed by atoms with Crippen LogP contribution < -0.4 is 10.6 Å². The SMILES string of the molecule is CCNC(=NCC1(CCO)CCCCC1)NCC(c1ccc(C)o1)N1CCOCC1.I. The zero-order chi connectivity index (χ0) is 21.2. The van der Waals surface area contributed by atoms with Crippen molar-refractivity contribution >= 4 is 29.9 Å². The third kappa shape index (κ3) is 7.91. The number of aryl methyl sites for hydroxylation is 1. The van der Waals surface area contributed by atoms with Crippen LogP contribution in [0.3, 0.4) is 0 Å². The molecule has 178 valence electrons. The number of hydrogen-bond acceptors (Lipinski definition) is 5. The molecule has 1 aromatic rings. The van der Waals surface area contributed by atoms with Crippen molar-refractivity contribution < 1.29 is 14.3 Å². The third-order valence-corrected chi connectivity index (χ3v) is 6.51. The van der Waals surface area contributed by atoms with Gasteiger partial charge in [0.1, 0.15) is 11.5 Å². The van der Waals surface area contributed by atoms with Crippen LogP contribution in [0, 0.1) is 12.3 Å². The summed E-state index contributed by atoms with van der Waals surface area (Å²) >= 11 is 0. The Morgan fingerprint density at radius 3 is 2.55 bits per heavy atom. The minimum absolute atomic E-state index is 0. The van der Waals surface area contributed by atoms with Crippen LogP contribution in [0.25, 0.3) is 0 Å². The van der Waals surface area contributed by atoms with E-state index >= 15 is 0 Å². The molecule has 1 aliphatic carbocycles. The Balaban J connectivity index is 0.00000341. The number of rotatable bonds is 9. The fraction of sp³-hybridized carbons (Fsp3) is 0.783. The zero-order valence-electron chi connectivity index (χ0n) is 19.2. The minimum Gasteiger partial charge on any atom is -0.465 e. The number of morpholine rings is 1. The maximum absolute atomic E-state index is 9.59. The van der Waals surface area contributed by atoms with Crippen LogP contribution in [0.5, 0.6) is 0 Å². The predicted octanol–water partition coefficient (Wildman–Crippen LogP) is 3.47. The molecule has 0 amide bonds. The number of aliphatic hydroxyl groups excluding tert-OH is 1. The number of aliphatic imine (C=N–C) groups is 1. The van der Waals surface area contributed by atoms with Crippen molar-refractivity contribution in [3.05, 3.63) is 23.7 Å². The van der Waals surface area contributed by atoms with Gasteiger partial charge in [-0.05, 0) is 50.7 Å². The highest BCUT2D eigenvalue weighted by Crippen LogP contribution is 2.39. The Bertz CT molecular complexity index is 649. The van der Waals surface area contributed by atoms with Gasteiger partial charge in [0.25, 0.3) is 0 Å². The summed E-state index contributed by atoms with van der Waals surface area (Å²) < 4.78 is 11.5. The second-order valence-electron chi connectivity index (χ2n) is 8.72. The van der Waals surface area contributed by atoms with E-state index in [4.69, 9.17) is 14.1 Å². The molecule has 1 atom stereocenters. The number of nitrogens with zero attached hydrogens (tertiary/aromatic N) is 2. The molecular formula is C23H41IN4O3. The van der Waals surface area contributed by atoms with E-state index in [2.05, 4.69) is 28.5 Å². The molecule has 2 heterocycles. The lowest BCUT2D eigenvalue weighted by Crippen LogP contribution is -2.46. The summed E-state index contributed by atoms with van der Waals surface area (Å²) in [4.78, 5) is 7.38. The van der Waals surface area contributed by atoms with Crippen LogP contribution in [0.1, 0.15) is 63.0 Å². The molecule has 1 aromatic heterocycles. The van der Waals surface area contributed by atoms with Crippen LogP contribution in [0.4, 0.5) is 0 Å². The maximum Gasteiger partial charge on any atom is 0.191 e. The lowest BCUT2D eigenvalue weighted by Gasteiger charge is -2.36. The molecule has 0 radical (unpaired) electrons. The highest BCUT2D eigenvalue weighted by atomic mass is 127. The molecule has 0 bridgehead atoms. The van der Waals surface area contributed by atoms with Gasteiger partial charge in [-0.3, -0.25) is 9.89 Å². The van der Waals surface area contributed by atoms with Crippen molar-refractivity contribution in [2.45, 2.75) is 58.4 Å². The molecule has 31 heavy (non-hydrogen) atoms. The smallest absolute Gasteiger partial charge is 0.191 e. The number of nitrogens with one attached hydrogen (secondary N) is 2. The molecule has 3 rings (SSSR count). The number of hydrogen-bond donors (Lipinski definition) is 3. The number of aliphatic hydroxyl groups is 1. The molecule has 1 saturated carbocycles. The van der Waals surface area contributed by atoms with E-state index in [1.54, 1.807) is 0 Å². The van der Waals surface area contributed by atoms with Crippen molar-refractivity contribution in [3.8, 4) is 0 Å². The number of furan rings is 1. The molecule has 0 aromatic carbocycles. The van der Waals surface area contributed by atoms with Gasteiger partial charge in [-0.2, -0.15) is 0 Å². The molecule has 1 aliphatic heterocycles. The first kappa shape index (κ1) is 26.4. The lowest BCUT2D eigenvalue weighted by atomic mass is 9.72. The minimum atomic E-state index is 0. The molecule has 8 heteroatoms. The third-order valence-electron chi connectivity index (χ3n) is 6.51. The lowest BCUT2D eigenvalue weighted by molar-refractivity contribution is 0.0124. The van der Waals surface area contributed by atoms with Crippen LogP contribution in [-0.4, -0.2) is 68.5 Å². The summed E-state index contributed by atoms with van der Waals surface area (Å²) in [6, 6.07) is 4.26. The largest absolute Gasteiger partial charge is 0.465 e. The summed E-state index contributed by atoms with van der Waals surface area (Å²) in [5.74, 6) is 2.77. The molecule has 7 nitrogen and oxygen atoms in total. The summed E-state index contributed by atoms with van der Waals surface area (Å²) in [7, 11) is 0. The predicted molar refractivity (Wildman–Crippen MR) is 135 cm³/mol. The van der Waals surface area contributed by atoms with E-state index in [9.17, 15) is 5.11 Å². The monoisotopic (exact) mass is 548 g/mol. The summed E-state index contributed by atoms with van der Waals surface area (Å²) in [5, 5.41) is 16.6. The second-order valence-corrected chi connectivity index (χ2v) is 8.72. The second kappa shape index (κ2) is 13.6. The molecule has 1 unspecified atom stereocenters. The van der Waals surface area contributed by atoms with Crippen LogP contribution in [0.15, 0.2) is 21.5 Å². The highest BCUT2D eigenvalue weighted by molar-refractivity contribution is 14.0. The van der Waals surface area contributed by atoms with Gasteiger partial charge in [0.15, 0.2) is 5.96 Å². The Morgan fingerprint density at radius 1 is 1.19 bits per heavy atom. The van der Waals surface area contributed by atoms with E-state index in [0.29, 0.717) is 0 Å². The van der Waals surface area contributed by atoms with Crippen LogP contribution in [-0.2, 0) is 4.74 Å². The van der Waals surface area contributed by atoms with Gasteiger partial charge in [0.2, 0.25) is 0 Å². The standard InChI is InChI=1S/C23H40N4O3.HI/c1-3-24-22(26-18-23(11-14-28)9-5-4-6-10-23)25-17-20(21-8-7-19(2)30-21)27-12-15-29-16-13-27;/h7-8,20,28H,3-6,9-18H2,1-2H3,(H2,24,25,26);1H. The quantitative estimate of drug-likeness (QED) is 0.249. The zero-order valence-corrected chi connectivity index (χ0v) is 21.5. The van der Waals surface area contributed by atoms with E-state index in [1.165, 1.54) is 32.1 Å². The number of guanidine groups is 1. The van der Waals surface area contributed by atoms with E-state index < -0.39 is 0 Å². The maximum atomic E-state index is 9.59. The summed E-state index contributed by atoms with van der Waals surface area (Å²) in [6.07, 6.45) is 6.97. The molecule has 1 saturated heterocycles. The van der Waals surface area contributed by atoms with E-state index in [0.717, 1.165) is 69.8 Å². The van der Waals surface area contributed by atoms with Crippen LogP contribution in [0.2, 0.25) is 0 Å². The normalized spacial score (nSPS) is 20.7. The molecule has 2 fully saturated rings. The van der Waals surface area contributed by atoms with Crippen molar-refractivity contribution in [2.24, 2.45) is 10.4 Å². The summed E-state index contributed by atoms with van der Waals surface area (Å²) in [5.41, 5.74) is 0.150. The number of halogens is 1. The Morgan fingerprint density at radius 2 is 1.94 bits per heavy atom. The average Bonchev–Trinajstić information content (AvgIpc) is 3.20. The van der Waals surface area contributed by atoms with Crippen molar-refractivity contribution in [3.63, 3.8) is 0 Å². The van der Waals surface area contributed by atoms with Crippen molar-refractivity contribution in [1.29, 1.82) is 0 Å². The average molecular weight is 549 g/mol. The Labute approximate surface area is 204 Å². The first-order valence-corrected chi connectivity index (χ1v) is 11.7. The molecular weight excluding hydrogens is 507 g/mol. The Hall–Kier alpha value is -0.840. The van der Waals surface area contributed by atoms with Crippen LogP contribution >= 0.6 is 24.0 Å². The molecule has 0 spiro atoms. The first-order valence-electron chi connectivity index (χ1n) is 11.7. The molecule has 2 aliphatic rings. The van der Waals surface area contributed by atoms with Gasteiger partial charge in [0.05, 0.1) is 19.3 Å². The Kier molecular flexibility index (Phi) is 11.6. The van der Waals surface area contributed by atoms with E-state index in [1.807, 2.05) is 13.0 Å². The fourth-order valence-corrected chi connectivity index (χ4v) is 4.74. The van der Waals surface area contributed by atoms with Gasteiger partial charge in [-0.1, -0.05) is 19.3 Å². The topological polar surface area (TPSA) is 82.3 Å². The van der Waals surface area contributed by atoms with Crippen molar-refractivity contribution in [2.75, 3.05) is 52.5 Å². The van der Waals surface area contributed by atoms with Gasteiger partial charge in [-0.15, -0.1) is 24.0 Å². The number of ether oxygens (including phenoxy) is 1. The van der Waals surface area contributed by atoms with Gasteiger partial charge >= 0.3 is 0 Å². The highest BCUT2D eigenvalue weighted by Gasteiger charge is 2.31. The van der Waals surface area contributed by atoms with E-state index in [-0.39, 0.29) is 42.0 Å². The molecule has 3 N–H and O–H groups in total. The van der Waals surface area contributed by atoms with Gasteiger partial charge in [0, 0.05) is 39.3 Å². The van der Waals surface area contributed by atoms with Crippen molar-refractivity contribution in [1.82, 2.24) is 15.5 Å². The van der Waals surface area contributed by atoms with Gasteiger partial charge < -0.3 is 24.9 Å². The summed E-state index contributed by atoms with van der Waals surface area (Å²) in [6.45, 7) is 9.97. The fourth-order valence-electron chi connectivity index (χ4n) is 4.74. The van der Waals surface area contributed by atoms with Gasteiger partial charge in [-0.25, -0.2) is 0 Å². The first-order chi connectivity index (χ1) is 14.7.